The van der Waals surface area contributed by atoms with Crippen LogP contribution in [0, 0.1) is 27.7 Å². The topological polar surface area (TPSA) is 71.4 Å². The number of carbonyl (C=O) groups is 3. The van der Waals surface area contributed by atoms with Crippen LogP contribution in [-0.2, 0) is 15.8 Å². The van der Waals surface area contributed by atoms with Gasteiger partial charge in [-0.1, -0.05) is 12.1 Å². The highest BCUT2D eigenvalue weighted by Gasteiger charge is 2.36. The molecule has 0 atom stereocenters. The number of aromatic nitrogens is 1. The Balaban J connectivity index is 1.54. The van der Waals surface area contributed by atoms with Crippen LogP contribution in [0.5, 0.6) is 0 Å². The van der Waals surface area contributed by atoms with Crippen LogP contribution in [0.4, 0.5) is 23.7 Å². The zero-order valence-electron chi connectivity index (χ0n) is 20.6. The van der Waals surface area contributed by atoms with E-state index in [1.807, 2.05) is 19.9 Å². The van der Waals surface area contributed by atoms with Crippen molar-refractivity contribution in [1.82, 2.24) is 9.47 Å². The van der Waals surface area contributed by atoms with Gasteiger partial charge in [-0.2, -0.15) is 13.2 Å². The number of hydrogen-bond acceptors (Lipinski definition) is 4. The van der Waals surface area contributed by atoms with Gasteiger partial charge in [-0.3, -0.25) is 19.3 Å². The van der Waals surface area contributed by atoms with Gasteiger partial charge < -0.3 is 9.88 Å². The maximum absolute atomic E-state index is 13.2. The third-order valence-corrected chi connectivity index (χ3v) is 7.06. The number of amides is 3. The summed E-state index contributed by atoms with van der Waals surface area (Å²) < 4.78 is 41.3. The summed E-state index contributed by atoms with van der Waals surface area (Å²) >= 11 is 0.715. The molecule has 3 amide bonds. The molecule has 1 aliphatic rings. The monoisotopic (exact) mass is 527 g/mol. The molecule has 0 radical (unpaired) electrons. The number of nitrogens with one attached hydrogen (secondary N) is 1. The number of nitrogens with zero attached hydrogens (tertiary/aromatic N) is 2. The Bertz CT molecular complexity index is 1460. The van der Waals surface area contributed by atoms with E-state index in [2.05, 4.69) is 5.32 Å². The summed E-state index contributed by atoms with van der Waals surface area (Å²) in [5.41, 5.74) is 4.06. The molecular formula is C27H24F3N3O3S. The second-order valence-electron chi connectivity index (χ2n) is 8.83. The van der Waals surface area contributed by atoms with Crippen molar-refractivity contribution in [3.05, 3.63) is 87.1 Å². The molecule has 0 bridgehead atoms. The lowest BCUT2D eigenvalue weighted by atomic mass is 10.1. The molecule has 10 heteroatoms. The number of thioether (sulfide) groups is 1. The minimum Gasteiger partial charge on any atom is -0.325 e. The largest absolute Gasteiger partial charge is 0.416 e. The Morgan fingerprint density at radius 1 is 1.00 bits per heavy atom. The lowest BCUT2D eigenvalue weighted by Gasteiger charge is -2.13. The van der Waals surface area contributed by atoms with Gasteiger partial charge in [-0.25, -0.2) is 0 Å². The number of carbonyl (C=O) groups excluding carboxylic acids is 3. The Morgan fingerprint density at radius 3 is 2.41 bits per heavy atom. The summed E-state index contributed by atoms with van der Waals surface area (Å²) in [5.74, 6) is -1.11. The lowest BCUT2D eigenvalue weighted by Crippen LogP contribution is -2.36. The number of halogens is 3. The lowest BCUT2D eigenvalue weighted by molar-refractivity contribution is -0.137. The number of anilines is 1. The molecule has 0 unspecified atom stereocenters. The van der Waals surface area contributed by atoms with E-state index in [9.17, 15) is 27.6 Å². The van der Waals surface area contributed by atoms with Crippen LogP contribution in [0.15, 0.2) is 53.4 Å². The van der Waals surface area contributed by atoms with E-state index in [1.54, 1.807) is 42.7 Å². The second kappa shape index (κ2) is 9.93. The first kappa shape index (κ1) is 26.3. The van der Waals surface area contributed by atoms with Gasteiger partial charge in [0, 0.05) is 22.8 Å². The summed E-state index contributed by atoms with van der Waals surface area (Å²) in [6, 6.07) is 12.1. The van der Waals surface area contributed by atoms with Gasteiger partial charge in [-0.05, 0) is 98.6 Å². The first-order chi connectivity index (χ1) is 17.3. The van der Waals surface area contributed by atoms with E-state index in [0.717, 1.165) is 28.2 Å². The number of imide groups is 1. The summed E-state index contributed by atoms with van der Waals surface area (Å²) in [5, 5.41) is 2.13. The Kier molecular flexibility index (Phi) is 7.05. The number of rotatable bonds is 5. The SMILES string of the molecule is Cc1ccc(NC(=O)CN2C(=O)S/C(=C\c3cc(C)n(-c4cccc(C(F)(F)F)c4)c3C)C2=O)cc1C. The molecule has 37 heavy (non-hydrogen) atoms. The molecule has 3 aromatic rings. The predicted molar refractivity (Wildman–Crippen MR) is 137 cm³/mol. The molecule has 1 N–H and O–H groups in total. The maximum Gasteiger partial charge on any atom is 0.416 e. The van der Waals surface area contributed by atoms with Crippen molar-refractivity contribution in [2.75, 3.05) is 11.9 Å². The fourth-order valence-corrected chi connectivity index (χ4v) is 4.92. The molecule has 1 aliphatic heterocycles. The Labute approximate surface area is 216 Å². The molecule has 4 rings (SSSR count). The minimum atomic E-state index is -4.48. The third-order valence-electron chi connectivity index (χ3n) is 6.15. The van der Waals surface area contributed by atoms with E-state index < -0.39 is 35.3 Å². The summed E-state index contributed by atoms with van der Waals surface area (Å²) in [6.07, 6.45) is -2.95. The molecule has 2 aromatic carbocycles. The average Bonchev–Trinajstić information content (AvgIpc) is 3.24. The van der Waals surface area contributed by atoms with Crippen LogP contribution in [0.3, 0.4) is 0 Å². The summed E-state index contributed by atoms with van der Waals surface area (Å²) in [4.78, 5) is 39.0. The van der Waals surface area contributed by atoms with Gasteiger partial charge in [0.15, 0.2) is 0 Å². The Hall–Kier alpha value is -3.79. The highest BCUT2D eigenvalue weighted by molar-refractivity contribution is 8.18. The van der Waals surface area contributed by atoms with E-state index in [0.29, 0.717) is 40.1 Å². The van der Waals surface area contributed by atoms with Crippen LogP contribution >= 0.6 is 11.8 Å². The van der Waals surface area contributed by atoms with E-state index in [1.165, 1.54) is 12.1 Å². The number of hydrogen-bond donors (Lipinski definition) is 1. The van der Waals surface area contributed by atoms with Crippen molar-refractivity contribution >= 4 is 40.6 Å². The predicted octanol–water partition coefficient (Wildman–Crippen LogP) is 6.40. The zero-order valence-corrected chi connectivity index (χ0v) is 21.4. The van der Waals surface area contributed by atoms with Gasteiger partial charge in [0.05, 0.1) is 10.5 Å². The molecule has 1 saturated heterocycles. The normalized spacial score (nSPS) is 15.1. The van der Waals surface area contributed by atoms with Crippen molar-refractivity contribution in [2.45, 2.75) is 33.9 Å². The summed E-state index contributed by atoms with van der Waals surface area (Å²) in [7, 11) is 0. The standard InChI is InChI=1S/C27H24F3N3O3S/c1-15-8-9-21(10-16(15)2)31-24(34)14-32-25(35)23(37-26(32)36)12-19-11-17(3)33(18(19)4)22-7-5-6-20(13-22)27(28,29)30/h5-13H,14H2,1-4H3,(H,31,34)/b23-12-. The van der Waals surface area contributed by atoms with Crippen LogP contribution in [0.2, 0.25) is 0 Å². The molecule has 2 heterocycles. The van der Waals surface area contributed by atoms with Gasteiger partial charge in [0.1, 0.15) is 6.54 Å². The van der Waals surface area contributed by atoms with Crippen molar-refractivity contribution in [1.29, 1.82) is 0 Å². The quantitative estimate of drug-likeness (QED) is 0.390. The zero-order chi connectivity index (χ0) is 27.1. The minimum absolute atomic E-state index is 0.133. The number of alkyl halides is 3. The van der Waals surface area contributed by atoms with Crippen LogP contribution in [0.1, 0.15) is 33.6 Å². The molecule has 0 saturated carbocycles. The van der Waals surface area contributed by atoms with Gasteiger partial charge in [-0.15, -0.1) is 0 Å². The van der Waals surface area contributed by atoms with Gasteiger partial charge >= 0.3 is 6.18 Å². The summed E-state index contributed by atoms with van der Waals surface area (Å²) in [6.45, 7) is 6.90. The van der Waals surface area contributed by atoms with E-state index in [-0.39, 0.29) is 4.91 Å². The highest BCUT2D eigenvalue weighted by atomic mass is 32.2. The van der Waals surface area contributed by atoms with E-state index >= 15 is 0 Å². The van der Waals surface area contributed by atoms with Crippen molar-refractivity contribution in [3.8, 4) is 5.69 Å². The first-order valence-corrected chi connectivity index (χ1v) is 12.2. The molecule has 6 nitrogen and oxygen atoms in total. The van der Waals surface area contributed by atoms with Gasteiger partial charge in [0.2, 0.25) is 5.91 Å². The highest BCUT2D eigenvalue weighted by Crippen LogP contribution is 2.35. The molecule has 192 valence electrons. The fourth-order valence-electron chi connectivity index (χ4n) is 4.09. The molecule has 0 aliphatic carbocycles. The number of benzene rings is 2. The number of aryl methyl sites for hydroxylation is 3. The van der Waals surface area contributed by atoms with Crippen molar-refractivity contribution < 1.29 is 27.6 Å². The maximum atomic E-state index is 13.2. The van der Waals surface area contributed by atoms with Crippen LogP contribution in [-0.4, -0.2) is 33.1 Å². The first-order valence-electron chi connectivity index (χ1n) is 11.3. The van der Waals surface area contributed by atoms with Crippen molar-refractivity contribution in [2.24, 2.45) is 0 Å². The molecule has 1 fully saturated rings. The second-order valence-corrected chi connectivity index (χ2v) is 9.82. The Morgan fingerprint density at radius 2 is 1.73 bits per heavy atom. The molecular weight excluding hydrogens is 503 g/mol. The van der Waals surface area contributed by atoms with Crippen molar-refractivity contribution in [3.63, 3.8) is 0 Å². The molecule has 1 aromatic heterocycles. The molecule has 0 spiro atoms. The average molecular weight is 528 g/mol. The van der Waals surface area contributed by atoms with Crippen LogP contribution < -0.4 is 5.32 Å². The smallest absolute Gasteiger partial charge is 0.325 e. The van der Waals surface area contributed by atoms with Crippen LogP contribution in [0.25, 0.3) is 11.8 Å². The third kappa shape index (κ3) is 5.48. The fraction of sp³-hybridized carbons (Fsp3) is 0.222. The van der Waals surface area contributed by atoms with E-state index in [4.69, 9.17) is 0 Å². The van der Waals surface area contributed by atoms with Gasteiger partial charge in [0.25, 0.3) is 11.1 Å².